The van der Waals surface area contributed by atoms with Gasteiger partial charge in [0.1, 0.15) is 5.82 Å². The molecule has 0 radical (unpaired) electrons. The topological polar surface area (TPSA) is 67.2 Å². The largest absolute Gasteiger partial charge is 0.327 e. The van der Waals surface area contributed by atoms with Crippen LogP contribution in [0.2, 0.25) is 0 Å². The number of fused-ring (bicyclic) bond motifs is 1. The Morgan fingerprint density at radius 3 is 2.67 bits per heavy atom. The normalized spacial score (nSPS) is 12.3. The average Bonchev–Trinajstić information content (AvgIpc) is 2.88. The van der Waals surface area contributed by atoms with Crippen molar-refractivity contribution in [1.29, 1.82) is 0 Å². The van der Waals surface area contributed by atoms with E-state index >= 15 is 0 Å². The third kappa shape index (κ3) is 4.78. The Balaban J connectivity index is 1.90. The van der Waals surface area contributed by atoms with Gasteiger partial charge in [-0.05, 0) is 31.5 Å². The molecule has 2 aromatic rings. The molecule has 1 N–H and O–H groups in total. The highest BCUT2D eigenvalue weighted by atomic mass is 32.2. The predicted octanol–water partition coefficient (Wildman–Crippen LogP) is 2.21. The van der Waals surface area contributed by atoms with Gasteiger partial charge in [-0.1, -0.05) is 26.0 Å². The van der Waals surface area contributed by atoms with Crippen LogP contribution < -0.4 is 5.32 Å². The zero-order valence-electron chi connectivity index (χ0n) is 14.8. The van der Waals surface area contributed by atoms with E-state index in [0.717, 1.165) is 37.3 Å². The van der Waals surface area contributed by atoms with Crippen molar-refractivity contribution in [3.05, 3.63) is 30.1 Å². The van der Waals surface area contributed by atoms with E-state index in [1.54, 1.807) is 0 Å². The van der Waals surface area contributed by atoms with Crippen molar-refractivity contribution in [3.8, 4) is 0 Å². The van der Waals surface area contributed by atoms with E-state index in [4.69, 9.17) is 4.98 Å². The summed E-state index contributed by atoms with van der Waals surface area (Å²) < 4.78 is 26.9. The number of imidazole rings is 1. The molecule has 2 rings (SSSR count). The van der Waals surface area contributed by atoms with Gasteiger partial charge in [0.15, 0.2) is 0 Å². The van der Waals surface area contributed by atoms with Crippen LogP contribution in [-0.2, 0) is 23.1 Å². The van der Waals surface area contributed by atoms with Gasteiger partial charge < -0.3 is 9.88 Å². The molecule has 0 bridgehead atoms. The Morgan fingerprint density at radius 1 is 1.25 bits per heavy atom. The van der Waals surface area contributed by atoms with Crippen LogP contribution in [0.3, 0.4) is 0 Å². The number of rotatable bonds is 10. The van der Waals surface area contributed by atoms with Crippen LogP contribution >= 0.6 is 0 Å². The van der Waals surface area contributed by atoms with Crippen molar-refractivity contribution in [3.63, 3.8) is 0 Å². The summed E-state index contributed by atoms with van der Waals surface area (Å²) >= 11 is 0. The summed E-state index contributed by atoms with van der Waals surface area (Å²) in [6, 6.07) is 8.19. The van der Waals surface area contributed by atoms with Gasteiger partial charge in [0.05, 0.1) is 23.8 Å². The summed E-state index contributed by atoms with van der Waals surface area (Å²) in [6.07, 6.45) is 3.11. The third-order valence-electron chi connectivity index (χ3n) is 4.05. The maximum Gasteiger partial charge on any atom is 0.211 e. The van der Waals surface area contributed by atoms with Gasteiger partial charge in [-0.25, -0.2) is 17.7 Å². The summed E-state index contributed by atoms with van der Waals surface area (Å²) in [6.45, 7) is 7.51. The SMILES string of the molecule is CCCn1c(CNCCCN(CC)S(C)(=O)=O)nc2ccccc21. The second kappa shape index (κ2) is 8.60. The molecule has 0 spiro atoms. The number of hydrogen-bond donors (Lipinski definition) is 1. The summed E-state index contributed by atoms with van der Waals surface area (Å²) in [7, 11) is -3.10. The predicted molar refractivity (Wildman–Crippen MR) is 98.4 cm³/mol. The molecule has 0 fully saturated rings. The number of nitrogens with one attached hydrogen (secondary N) is 1. The van der Waals surface area contributed by atoms with Gasteiger partial charge in [-0.2, -0.15) is 0 Å². The lowest BCUT2D eigenvalue weighted by Gasteiger charge is -2.17. The monoisotopic (exact) mass is 352 g/mol. The van der Waals surface area contributed by atoms with Crippen LogP contribution in [0.25, 0.3) is 11.0 Å². The van der Waals surface area contributed by atoms with Crippen molar-refractivity contribution in [2.24, 2.45) is 0 Å². The fraction of sp³-hybridized carbons (Fsp3) is 0.588. The zero-order valence-corrected chi connectivity index (χ0v) is 15.6. The first-order chi connectivity index (χ1) is 11.5. The van der Waals surface area contributed by atoms with Crippen LogP contribution in [-0.4, -0.2) is 48.2 Å². The Kier molecular flexibility index (Phi) is 6.77. The van der Waals surface area contributed by atoms with Gasteiger partial charge in [-0.3, -0.25) is 0 Å². The number of aryl methyl sites for hydroxylation is 1. The molecule has 1 aromatic carbocycles. The summed E-state index contributed by atoms with van der Waals surface area (Å²) in [5, 5.41) is 3.39. The molecule has 7 heteroatoms. The summed E-state index contributed by atoms with van der Waals surface area (Å²) in [5.41, 5.74) is 2.20. The first-order valence-corrected chi connectivity index (χ1v) is 10.4. The van der Waals surface area contributed by atoms with Gasteiger partial charge in [0.2, 0.25) is 10.0 Å². The lowest BCUT2D eigenvalue weighted by atomic mass is 10.3. The van der Waals surface area contributed by atoms with Crippen molar-refractivity contribution >= 4 is 21.1 Å². The van der Waals surface area contributed by atoms with Gasteiger partial charge in [0, 0.05) is 19.6 Å². The second-order valence-electron chi connectivity index (χ2n) is 5.95. The highest BCUT2D eigenvalue weighted by Gasteiger charge is 2.13. The number of aromatic nitrogens is 2. The molecule has 0 saturated heterocycles. The molecule has 134 valence electrons. The molecule has 24 heavy (non-hydrogen) atoms. The minimum absolute atomic E-state index is 0.519. The number of sulfonamides is 1. The Hall–Kier alpha value is -1.44. The second-order valence-corrected chi connectivity index (χ2v) is 7.94. The van der Waals surface area contributed by atoms with Crippen molar-refractivity contribution in [2.45, 2.75) is 39.8 Å². The standard InChI is InChI=1S/C17H28N4O2S/c1-4-12-21-16-10-7-6-9-15(16)19-17(21)14-18-11-8-13-20(5-2)24(3,22)23/h6-7,9-10,18H,4-5,8,11-14H2,1-3H3. The van der Waals surface area contributed by atoms with E-state index in [2.05, 4.69) is 22.9 Å². The molecule has 0 aliphatic rings. The smallest absolute Gasteiger partial charge is 0.211 e. The molecule has 0 aliphatic carbocycles. The van der Waals surface area contributed by atoms with E-state index < -0.39 is 10.0 Å². The minimum Gasteiger partial charge on any atom is -0.327 e. The van der Waals surface area contributed by atoms with Crippen LogP contribution in [0, 0.1) is 0 Å². The first kappa shape index (κ1) is 18.9. The van der Waals surface area contributed by atoms with Crippen molar-refractivity contribution in [1.82, 2.24) is 19.2 Å². The minimum atomic E-state index is -3.10. The molecule has 0 aliphatic heterocycles. The fourth-order valence-corrected chi connectivity index (χ4v) is 3.80. The average molecular weight is 353 g/mol. The van der Waals surface area contributed by atoms with E-state index in [0.29, 0.717) is 19.6 Å². The Labute approximate surface area is 144 Å². The van der Waals surface area contributed by atoms with Gasteiger partial charge in [0.25, 0.3) is 0 Å². The fourth-order valence-electron chi connectivity index (χ4n) is 2.87. The molecular weight excluding hydrogens is 324 g/mol. The summed E-state index contributed by atoms with van der Waals surface area (Å²) in [4.78, 5) is 4.71. The quantitative estimate of drug-likeness (QED) is 0.666. The number of para-hydroxylation sites is 2. The van der Waals surface area contributed by atoms with Crippen LogP contribution in [0.15, 0.2) is 24.3 Å². The highest BCUT2D eigenvalue weighted by molar-refractivity contribution is 7.88. The molecule has 6 nitrogen and oxygen atoms in total. The van der Waals surface area contributed by atoms with Crippen molar-refractivity contribution < 1.29 is 8.42 Å². The van der Waals surface area contributed by atoms with Crippen LogP contribution in [0.4, 0.5) is 0 Å². The molecule has 0 unspecified atom stereocenters. The lowest BCUT2D eigenvalue weighted by Crippen LogP contribution is -2.32. The Bertz CT molecular complexity index is 755. The highest BCUT2D eigenvalue weighted by Crippen LogP contribution is 2.16. The maximum atomic E-state index is 11.6. The maximum absolute atomic E-state index is 11.6. The lowest BCUT2D eigenvalue weighted by molar-refractivity contribution is 0.418. The van der Waals surface area contributed by atoms with E-state index in [9.17, 15) is 8.42 Å². The molecule has 1 aromatic heterocycles. The molecule has 0 atom stereocenters. The van der Waals surface area contributed by atoms with Gasteiger partial charge in [-0.15, -0.1) is 0 Å². The first-order valence-electron chi connectivity index (χ1n) is 8.57. The van der Waals surface area contributed by atoms with Crippen molar-refractivity contribution in [2.75, 3.05) is 25.9 Å². The van der Waals surface area contributed by atoms with E-state index in [1.165, 1.54) is 16.1 Å². The molecule has 0 saturated carbocycles. The zero-order chi connectivity index (χ0) is 17.6. The molecule has 0 amide bonds. The van der Waals surface area contributed by atoms with Crippen LogP contribution in [0.1, 0.15) is 32.5 Å². The third-order valence-corrected chi connectivity index (χ3v) is 5.43. The number of benzene rings is 1. The van der Waals surface area contributed by atoms with E-state index in [1.807, 2.05) is 25.1 Å². The number of nitrogens with zero attached hydrogens (tertiary/aromatic N) is 3. The Morgan fingerprint density at radius 2 is 2.00 bits per heavy atom. The molecular formula is C17H28N4O2S. The number of hydrogen-bond acceptors (Lipinski definition) is 4. The van der Waals surface area contributed by atoms with E-state index in [-0.39, 0.29) is 0 Å². The van der Waals surface area contributed by atoms with Gasteiger partial charge >= 0.3 is 0 Å². The summed E-state index contributed by atoms with van der Waals surface area (Å²) in [5.74, 6) is 1.04. The molecule has 1 heterocycles. The van der Waals surface area contributed by atoms with Crippen LogP contribution in [0.5, 0.6) is 0 Å².